The van der Waals surface area contributed by atoms with Gasteiger partial charge in [-0.05, 0) is 37.1 Å². The van der Waals surface area contributed by atoms with Gasteiger partial charge in [0, 0.05) is 13.0 Å². The summed E-state index contributed by atoms with van der Waals surface area (Å²) in [5.41, 5.74) is 6.58. The average Bonchev–Trinajstić information content (AvgIpc) is 2.89. The molecule has 106 valence electrons. The smallest absolute Gasteiger partial charge is 0.221 e. The van der Waals surface area contributed by atoms with E-state index in [1.165, 1.54) is 12.1 Å². The zero-order valence-corrected chi connectivity index (χ0v) is 11.2. The molecule has 0 saturated carbocycles. The van der Waals surface area contributed by atoms with Crippen LogP contribution < -0.4 is 11.1 Å². The van der Waals surface area contributed by atoms with Crippen LogP contribution in [-0.2, 0) is 6.42 Å². The van der Waals surface area contributed by atoms with Crippen molar-refractivity contribution >= 4 is 5.95 Å². The number of hydrogen-bond acceptors (Lipinski definition) is 4. The molecule has 1 aliphatic heterocycles. The molecule has 2 aromatic rings. The minimum atomic E-state index is -0.217. The van der Waals surface area contributed by atoms with Gasteiger partial charge in [-0.1, -0.05) is 12.1 Å². The second-order valence-electron chi connectivity index (χ2n) is 4.97. The zero-order chi connectivity index (χ0) is 13.9. The van der Waals surface area contributed by atoms with Crippen molar-refractivity contribution in [1.29, 1.82) is 0 Å². The van der Waals surface area contributed by atoms with E-state index in [4.69, 9.17) is 5.73 Å². The monoisotopic (exact) mass is 275 g/mol. The number of nitrogens with zero attached hydrogens (tertiary/aromatic N) is 3. The zero-order valence-electron chi connectivity index (χ0n) is 11.2. The van der Waals surface area contributed by atoms with Gasteiger partial charge >= 0.3 is 0 Å². The molecule has 0 saturated heterocycles. The Hall–Kier alpha value is -1.95. The number of hydrogen-bond donors (Lipinski definition) is 2. The summed E-state index contributed by atoms with van der Waals surface area (Å²) < 4.78 is 14.9. The maximum Gasteiger partial charge on any atom is 0.221 e. The molecular formula is C14H18FN5. The number of nitrogens with two attached hydrogens (primary N) is 1. The lowest BCUT2D eigenvalue weighted by molar-refractivity contribution is 0.475. The lowest BCUT2D eigenvalue weighted by Crippen LogP contribution is -2.24. The van der Waals surface area contributed by atoms with Gasteiger partial charge in [0.05, 0.1) is 6.04 Å². The molecule has 0 aliphatic carbocycles. The molecule has 2 heterocycles. The lowest BCUT2D eigenvalue weighted by atomic mass is 10.0. The Bertz CT molecular complexity index is 578. The van der Waals surface area contributed by atoms with E-state index in [9.17, 15) is 4.39 Å². The summed E-state index contributed by atoms with van der Waals surface area (Å²) in [5.74, 6) is 1.38. The number of nitrogens with one attached hydrogen (secondary N) is 1. The highest BCUT2D eigenvalue weighted by molar-refractivity contribution is 5.33. The predicted octanol–water partition coefficient (Wildman–Crippen LogP) is 1.71. The van der Waals surface area contributed by atoms with Crippen LogP contribution >= 0.6 is 0 Å². The first-order chi connectivity index (χ1) is 9.78. The minimum absolute atomic E-state index is 0.117. The molecule has 0 spiro atoms. The molecule has 3 rings (SSSR count). The Morgan fingerprint density at radius 3 is 2.90 bits per heavy atom. The van der Waals surface area contributed by atoms with E-state index in [0.717, 1.165) is 43.1 Å². The molecule has 1 aromatic carbocycles. The molecular weight excluding hydrogens is 257 g/mol. The Kier molecular flexibility index (Phi) is 3.64. The Labute approximate surface area is 117 Å². The molecule has 1 aromatic heterocycles. The maximum atomic E-state index is 13.0. The van der Waals surface area contributed by atoms with E-state index in [1.54, 1.807) is 0 Å². The van der Waals surface area contributed by atoms with Gasteiger partial charge in [0.25, 0.3) is 0 Å². The molecule has 0 amide bonds. The van der Waals surface area contributed by atoms with Crippen LogP contribution in [0.4, 0.5) is 10.3 Å². The van der Waals surface area contributed by atoms with E-state index < -0.39 is 0 Å². The number of anilines is 1. The summed E-state index contributed by atoms with van der Waals surface area (Å²) in [6.07, 6.45) is 2.58. The van der Waals surface area contributed by atoms with Crippen molar-refractivity contribution in [2.24, 2.45) is 5.73 Å². The first-order valence-electron chi connectivity index (χ1n) is 6.93. The molecule has 20 heavy (non-hydrogen) atoms. The summed E-state index contributed by atoms with van der Waals surface area (Å²) >= 11 is 0. The molecule has 0 radical (unpaired) electrons. The van der Waals surface area contributed by atoms with E-state index in [-0.39, 0.29) is 11.9 Å². The standard InChI is InChI=1S/C14H18FN5/c15-11-5-3-10(4-6-11)12-7-9-17-14-18-13(2-1-8-16)19-20(12)14/h3-6,12H,1-2,7-9,16H2,(H,17,18,19). The van der Waals surface area contributed by atoms with Crippen molar-refractivity contribution in [2.45, 2.75) is 25.3 Å². The predicted molar refractivity (Wildman–Crippen MR) is 75.0 cm³/mol. The van der Waals surface area contributed by atoms with Crippen LogP contribution in [0.1, 0.15) is 30.3 Å². The highest BCUT2D eigenvalue weighted by atomic mass is 19.1. The van der Waals surface area contributed by atoms with Crippen LogP contribution in [0.15, 0.2) is 24.3 Å². The largest absolute Gasteiger partial charge is 0.354 e. The molecule has 5 nitrogen and oxygen atoms in total. The average molecular weight is 275 g/mol. The van der Waals surface area contributed by atoms with E-state index >= 15 is 0 Å². The normalized spacial score (nSPS) is 17.6. The Morgan fingerprint density at radius 2 is 2.15 bits per heavy atom. The van der Waals surface area contributed by atoms with Crippen LogP contribution in [0.5, 0.6) is 0 Å². The topological polar surface area (TPSA) is 68.8 Å². The number of rotatable bonds is 4. The van der Waals surface area contributed by atoms with Gasteiger partial charge in [-0.25, -0.2) is 9.07 Å². The number of benzene rings is 1. The van der Waals surface area contributed by atoms with Crippen molar-refractivity contribution in [3.05, 3.63) is 41.5 Å². The van der Waals surface area contributed by atoms with Crippen LogP contribution in [-0.4, -0.2) is 27.9 Å². The molecule has 0 bridgehead atoms. The van der Waals surface area contributed by atoms with Gasteiger partial charge in [-0.2, -0.15) is 10.1 Å². The van der Waals surface area contributed by atoms with Crippen molar-refractivity contribution in [3.63, 3.8) is 0 Å². The van der Waals surface area contributed by atoms with Crippen LogP contribution in [0.3, 0.4) is 0 Å². The fourth-order valence-electron chi connectivity index (χ4n) is 2.51. The highest BCUT2D eigenvalue weighted by Crippen LogP contribution is 2.28. The molecule has 0 fully saturated rings. The van der Waals surface area contributed by atoms with Gasteiger partial charge in [0.1, 0.15) is 5.82 Å². The fourth-order valence-corrected chi connectivity index (χ4v) is 2.51. The molecule has 1 aliphatic rings. The first kappa shape index (κ1) is 13.1. The third-order valence-electron chi connectivity index (χ3n) is 3.53. The van der Waals surface area contributed by atoms with Gasteiger partial charge < -0.3 is 11.1 Å². The third-order valence-corrected chi connectivity index (χ3v) is 3.53. The SMILES string of the molecule is NCCCc1nc2n(n1)C(c1ccc(F)cc1)CCN2. The van der Waals surface area contributed by atoms with Gasteiger partial charge in [-0.15, -0.1) is 0 Å². The number of halogens is 1. The van der Waals surface area contributed by atoms with Crippen molar-refractivity contribution < 1.29 is 4.39 Å². The molecule has 6 heteroatoms. The van der Waals surface area contributed by atoms with Crippen LogP contribution in [0.25, 0.3) is 0 Å². The Morgan fingerprint density at radius 1 is 1.35 bits per heavy atom. The number of aromatic nitrogens is 3. The van der Waals surface area contributed by atoms with Crippen molar-refractivity contribution in [2.75, 3.05) is 18.4 Å². The minimum Gasteiger partial charge on any atom is -0.354 e. The van der Waals surface area contributed by atoms with E-state index in [0.29, 0.717) is 6.54 Å². The third kappa shape index (κ3) is 2.51. The molecule has 3 N–H and O–H groups in total. The number of fused-ring (bicyclic) bond motifs is 1. The number of aryl methyl sites for hydroxylation is 1. The van der Waals surface area contributed by atoms with Gasteiger partial charge in [-0.3, -0.25) is 0 Å². The summed E-state index contributed by atoms with van der Waals surface area (Å²) in [4.78, 5) is 4.49. The summed E-state index contributed by atoms with van der Waals surface area (Å²) in [6, 6.07) is 6.73. The highest BCUT2D eigenvalue weighted by Gasteiger charge is 2.24. The summed E-state index contributed by atoms with van der Waals surface area (Å²) in [7, 11) is 0. The van der Waals surface area contributed by atoms with Gasteiger partial charge in [0.15, 0.2) is 5.82 Å². The molecule has 1 unspecified atom stereocenters. The fraction of sp³-hybridized carbons (Fsp3) is 0.429. The quantitative estimate of drug-likeness (QED) is 0.891. The second-order valence-corrected chi connectivity index (χ2v) is 4.97. The molecule has 1 atom stereocenters. The van der Waals surface area contributed by atoms with Crippen molar-refractivity contribution in [3.8, 4) is 0 Å². The maximum absolute atomic E-state index is 13.0. The van der Waals surface area contributed by atoms with Gasteiger partial charge in [0.2, 0.25) is 5.95 Å². The van der Waals surface area contributed by atoms with Crippen molar-refractivity contribution in [1.82, 2.24) is 14.8 Å². The summed E-state index contributed by atoms with van der Waals surface area (Å²) in [6.45, 7) is 1.48. The first-order valence-corrected chi connectivity index (χ1v) is 6.93. The van der Waals surface area contributed by atoms with E-state index in [2.05, 4.69) is 15.4 Å². The van der Waals surface area contributed by atoms with E-state index in [1.807, 2.05) is 16.8 Å². The van der Waals surface area contributed by atoms with Crippen LogP contribution in [0.2, 0.25) is 0 Å². The summed E-state index contributed by atoms with van der Waals surface area (Å²) in [5, 5.41) is 7.82. The van der Waals surface area contributed by atoms with Crippen LogP contribution in [0, 0.1) is 5.82 Å². The second kappa shape index (κ2) is 5.58. The lowest BCUT2D eigenvalue weighted by Gasteiger charge is -2.24. The Balaban J connectivity index is 1.89.